The number of ether oxygens (including phenoxy) is 5. The van der Waals surface area contributed by atoms with E-state index in [1.165, 1.54) is 32.4 Å². The fourth-order valence-corrected chi connectivity index (χ4v) is 6.32. The van der Waals surface area contributed by atoms with E-state index in [2.05, 4.69) is 24.5 Å². The zero-order chi connectivity index (χ0) is 47.3. The second-order valence-corrected chi connectivity index (χ2v) is 16.2. The number of amides is 2. The van der Waals surface area contributed by atoms with E-state index < -0.39 is 48.8 Å². The summed E-state index contributed by atoms with van der Waals surface area (Å²) >= 11 is 5.80. The summed E-state index contributed by atoms with van der Waals surface area (Å²) in [5.41, 5.74) is 0.533. The van der Waals surface area contributed by atoms with E-state index in [0.717, 1.165) is 41.0 Å². The molecule has 1 aliphatic rings. The predicted octanol–water partition coefficient (Wildman–Crippen LogP) is 9.18. The van der Waals surface area contributed by atoms with E-state index in [-0.39, 0.29) is 46.0 Å². The Kier molecular flexibility index (Phi) is 18.1. The number of nitro benzene ring substituents is 1. The van der Waals surface area contributed by atoms with Gasteiger partial charge in [-0.3, -0.25) is 29.6 Å². The highest BCUT2D eigenvalue weighted by atomic mass is 35.5. The van der Waals surface area contributed by atoms with Crippen molar-refractivity contribution in [1.82, 2.24) is 10.4 Å². The number of fused-ring (bicyclic) bond motifs is 1. The number of benzene rings is 4. The molecule has 4 aromatic rings. The van der Waals surface area contributed by atoms with Gasteiger partial charge >= 0.3 is 31.5 Å². The van der Waals surface area contributed by atoms with Gasteiger partial charge in [-0.2, -0.15) is 13.2 Å². The summed E-state index contributed by atoms with van der Waals surface area (Å²) in [5.74, 6) is 0.367. The molecule has 0 saturated carbocycles. The molecular formula is C40H47ClF3N4O14P. The van der Waals surface area contributed by atoms with Crippen LogP contribution in [0.15, 0.2) is 78.9 Å². The molecule has 63 heavy (non-hydrogen) atoms. The maximum atomic E-state index is 12.6. The van der Waals surface area contributed by atoms with E-state index >= 15 is 0 Å². The summed E-state index contributed by atoms with van der Waals surface area (Å²) < 4.78 is 76.1. The minimum Gasteiger partial charge on any atom is -0.487 e. The van der Waals surface area contributed by atoms with Crippen LogP contribution in [0.1, 0.15) is 45.2 Å². The van der Waals surface area contributed by atoms with Crippen LogP contribution in [0.5, 0.6) is 34.5 Å². The lowest BCUT2D eigenvalue weighted by Crippen LogP contribution is -2.45. The molecule has 4 aromatic carbocycles. The van der Waals surface area contributed by atoms with Crippen LogP contribution in [0, 0.1) is 10.1 Å². The normalized spacial score (nSPS) is 15.1. The minimum atomic E-state index is -4.52. The SMILES string of the molecule is CCOc1cc(Oc2ccc(C(F)(F)F)cc2Cl)ccc1[N+](=O)[O-].CON(C)C(=O)Nc1ccc(Oc2ccc3c(c2)OC(C)(OC)CC3(C)C)cc1.O=C(O)CNCP(=O)(O)O. The van der Waals surface area contributed by atoms with Gasteiger partial charge < -0.3 is 43.9 Å². The Morgan fingerprint density at radius 2 is 1.57 bits per heavy atom. The van der Waals surface area contributed by atoms with Gasteiger partial charge in [0.25, 0.3) is 0 Å². The van der Waals surface area contributed by atoms with Crippen LogP contribution >= 0.6 is 19.2 Å². The van der Waals surface area contributed by atoms with E-state index in [1.807, 2.05) is 25.1 Å². The maximum absolute atomic E-state index is 12.6. The van der Waals surface area contributed by atoms with Crippen molar-refractivity contribution in [2.24, 2.45) is 0 Å². The van der Waals surface area contributed by atoms with Crippen molar-refractivity contribution < 1.29 is 75.7 Å². The number of halogens is 4. The minimum absolute atomic E-state index is 0.0111. The molecule has 2 amide bonds. The number of urea groups is 1. The number of nitro groups is 1. The number of carbonyl (C=O) groups excluding carboxylic acids is 1. The lowest BCUT2D eigenvalue weighted by Gasteiger charge is -2.43. The summed E-state index contributed by atoms with van der Waals surface area (Å²) in [5, 5.41) is 24.6. The highest BCUT2D eigenvalue weighted by Gasteiger charge is 2.42. The maximum Gasteiger partial charge on any atom is 0.416 e. The molecule has 0 aliphatic carbocycles. The third-order valence-corrected chi connectivity index (χ3v) is 9.54. The zero-order valence-electron chi connectivity index (χ0n) is 35.0. The van der Waals surface area contributed by atoms with Gasteiger partial charge in [-0.1, -0.05) is 31.5 Å². The smallest absolute Gasteiger partial charge is 0.416 e. The molecule has 1 unspecified atom stereocenters. The second-order valence-electron chi connectivity index (χ2n) is 14.1. The number of carbonyl (C=O) groups is 2. The number of hydrogen-bond acceptors (Lipinski definition) is 12. The lowest BCUT2D eigenvalue weighted by atomic mass is 9.76. The topological polar surface area (TPSA) is 238 Å². The first-order valence-corrected chi connectivity index (χ1v) is 20.7. The number of hydrogen-bond donors (Lipinski definition) is 5. The molecule has 5 rings (SSSR count). The number of nitrogens with zero attached hydrogens (tertiary/aromatic N) is 2. The van der Waals surface area contributed by atoms with Crippen LogP contribution in [0.4, 0.5) is 29.3 Å². The van der Waals surface area contributed by atoms with Gasteiger partial charge in [0.05, 0.1) is 42.1 Å². The van der Waals surface area contributed by atoms with Crippen molar-refractivity contribution in [3.05, 3.63) is 105 Å². The summed E-state index contributed by atoms with van der Waals surface area (Å²) in [6.07, 6.45) is -4.36. The highest BCUT2D eigenvalue weighted by molar-refractivity contribution is 7.51. The number of alkyl halides is 3. The molecule has 1 heterocycles. The number of hydroxylamine groups is 2. The van der Waals surface area contributed by atoms with Crippen LogP contribution in [-0.4, -0.2) is 83.4 Å². The number of carboxylic acid groups (broad SMARTS) is 1. The third kappa shape index (κ3) is 16.2. The van der Waals surface area contributed by atoms with Gasteiger partial charge in [0, 0.05) is 57.0 Å². The number of rotatable bonds is 14. The number of aliphatic carboxylic acids is 1. The van der Waals surface area contributed by atoms with Crippen LogP contribution in [0.25, 0.3) is 0 Å². The Morgan fingerprint density at radius 3 is 2.11 bits per heavy atom. The summed E-state index contributed by atoms with van der Waals surface area (Å²) in [4.78, 5) is 53.1. The van der Waals surface area contributed by atoms with E-state index in [1.54, 1.807) is 38.3 Å². The molecule has 344 valence electrons. The molecule has 0 bridgehead atoms. The van der Waals surface area contributed by atoms with E-state index in [4.69, 9.17) is 55.0 Å². The Balaban J connectivity index is 0.000000280. The first-order valence-electron chi connectivity index (χ1n) is 18.5. The number of methoxy groups -OCH3 is 1. The van der Waals surface area contributed by atoms with Gasteiger partial charge in [0.1, 0.15) is 28.7 Å². The Bertz CT molecular complexity index is 2260. The standard InChI is InChI=1S/C22H28N2O5.C15H11ClF3NO4.C3H8NO5P/c1-21(2)14-22(3,26-5)29-19-13-17(11-12-18(19)21)28-16-9-7-15(8-10-16)23-20(25)24(4)27-6;1-2-23-14-8-10(4-5-12(14)20(21)22)24-13-6-3-9(7-11(13)16)15(17,18)19;5-3(6)1-4-2-10(7,8)9/h7-13H,14H2,1-6H3,(H,23,25);3-8H,2H2,1H3;4H,1-2H2,(H,5,6)(H2,7,8,9). The van der Waals surface area contributed by atoms with Crippen LogP contribution in [-0.2, 0) is 30.5 Å². The molecule has 0 saturated heterocycles. The zero-order valence-corrected chi connectivity index (χ0v) is 36.7. The fourth-order valence-electron chi connectivity index (χ4n) is 5.69. The number of nitrogens with one attached hydrogen (secondary N) is 2. The van der Waals surface area contributed by atoms with Crippen molar-refractivity contribution in [3.63, 3.8) is 0 Å². The van der Waals surface area contributed by atoms with Crippen molar-refractivity contribution in [1.29, 1.82) is 0 Å². The fraction of sp³-hybridized carbons (Fsp3) is 0.350. The van der Waals surface area contributed by atoms with E-state index in [0.29, 0.717) is 17.2 Å². The molecule has 23 heteroatoms. The Labute approximate surface area is 365 Å². The van der Waals surface area contributed by atoms with Gasteiger partial charge in [-0.25, -0.2) is 9.86 Å². The largest absolute Gasteiger partial charge is 0.487 e. The quantitative estimate of drug-likeness (QED) is 0.0450. The van der Waals surface area contributed by atoms with E-state index in [9.17, 15) is 37.4 Å². The van der Waals surface area contributed by atoms with Crippen LogP contribution in [0.3, 0.4) is 0 Å². The van der Waals surface area contributed by atoms with Gasteiger partial charge in [-0.05, 0) is 66.9 Å². The second kappa shape index (κ2) is 22.1. The van der Waals surface area contributed by atoms with Crippen molar-refractivity contribution in [2.75, 3.05) is 46.0 Å². The third-order valence-electron chi connectivity index (χ3n) is 8.61. The van der Waals surface area contributed by atoms with Gasteiger partial charge in [0.2, 0.25) is 11.5 Å². The summed E-state index contributed by atoms with van der Waals surface area (Å²) in [7, 11) is 0.517. The molecule has 1 aliphatic heterocycles. The van der Waals surface area contributed by atoms with Gasteiger partial charge in [0.15, 0.2) is 0 Å². The molecule has 18 nitrogen and oxygen atoms in total. The first kappa shape index (κ1) is 51.7. The molecule has 0 radical (unpaired) electrons. The highest BCUT2D eigenvalue weighted by Crippen LogP contribution is 2.47. The lowest BCUT2D eigenvalue weighted by molar-refractivity contribution is -0.385. The van der Waals surface area contributed by atoms with Crippen LogP contribution < -0.4 is 29.6 Å². The average Bonchev–Trinajstić information content (AvgIpc) is 3.18. The van der Waals surface area contributed by atoms with Crippen molar-refractivity contribution in [3.8, 4) is 34.5 Å². The predicted molar refractivity (Wildman–Crippen MR) is 224 cm³/mol. The average molecular weight is 931 g/mol. The summed E-state index contributed by atoms with van der Waals surface area (Å²) in [6.45, 7) is 7.72. The first-order chi connectivity index (χ1) is 29.3. The molecule has 0 spiro atoms. The Morgan fingerprint density at radius 1 is 0.952 bits per heavy atom. The molecule has 0 fully saturated rings. The molecule has 1 atom stereocenters. The van der Waals surface area contributed by atoms with Crippen molar-refractivity contribution >= 4 is 42.6 Å². The van der Waals surface area contributed by atoms with Crippen molar-refractivity contribution in [2.45, 2.75) is 51.5 Å². The molecule has 5 N–H and O–H groups in total. The van der Waals surface area contributed by atoms with Gasteiger partial charge in [-0.15, -0.1) is 0 Å². The molecule has 0 aromatic heterocycles. The summed E-state index contributed by atoms with van der Waals surface area (Å²) in [6, 6.07) is 19.0. The monoisotopic (exact) mass is 930 g/mol. The number of anilines is 1. The number of carboxylic acids is 1. The molecular weight excluding hydrogens is 884 g/mol. The van der Waals surface area contributed by atoms with Crippen LogP contribution in [0.2, 0.25) is 5.02 Å². The Hall–Kier alpha value is -5.67.